The molecule has 0 radical (unpaired) electrons. The summed E-state index contributed by atoms with van der Waals surface area (Å²) in [6, 6.07) is 8.41. The Kier molecular flexibility index (Phi) is 5.59. The number of fused-ring (bicyclic) bond motifs is 1. The molecule has 1 N–H and O–H groups in total. The summed E-state index contributed by atoms with van der Waals surface area (Å²) in [6.07, 6.45) is 0. The molecule has 1 aromatic heterocycles. The predicted molar refractivity (Wildman–Crippen MR) is 109 cm³/mol. The van der Waals surface area contributed by atoms with Crippen LogP contribution < -0.4 is 14.5 Å². The molecule has 0 aliphatic carbocycles. The van der Waals surface area contributed by atoms with E-state index in [4.69, 9.17) is 9.15 Å². The minimum Gasteiger partial charge on any atom is -0.482 e. The summed E-state index contributed by atoms with van der Waals surface area (Å²) >= 11 is 0. The van der Waals surface area contributed by atoms with Crippen LogP contribution in [0.15, 0.2) is 34.7 Å². The highest BCUT2D eigenvalue weighted by Crippen LogP contribution is 2.34. The molecule has 30 heavy (non-hydrogen) atoms. The van der Waals surface area contributed by atoms with Gasteiger partial charge in [-0.1, -0.05) is 0 Å². The Morgan fingerprint density at radius 3 is 2.60 bits per heavy atom. The van der Waals surface area contributed by atoms with Gasteiger partial charge in [0.25, 0.3) is 11.8 Å². The number of nitrogens with zero attached hydrogens (tertiary/aromatic N) is 2. The van der Waals surface area contributed by atoms with Crippen LogP contribution in [0.4, 0.5) is 5.69 Å². The number of Topliss-reactive ketones (excluding diaryl/α,β-unsaturated/α-hetero) is 1. The van der Waals surface area contributed by atoms with E-state index < -0.39 is 0 Å². The Morgan fingerprint density at radius 1 is 1.13 bits per heavy atom. The number of likely N-dealkylation sites (N-methyl/N-ethyl adjacent to an activating group) is 1. The Hall–Kier alpha value is -3.13. The van der Waals surface area contributed by atoms with Gasteiger partial charge in [-0.05, 0) is 44.2 Å². The molecule has 2 aliphatic rings. The fourth-order valence-corrected chi connectivity index (χ4v) is 3.86. The van der Waals surface area contributed by atoms with E-state index in [-0.39, 0.29) is 36.5 Å². The van der Waals surface area contributed by atoms with Crippen molar-refractivity contribution in [2.75, 3.05) is 44.2 Å². The van der Waals surface area contributed by atoms with Gasteiger partial charge in [0.05, 0.1) is 45.0 Å². The van der Waals surface area contributed by atoms with Crippen LogP contribution in [-0.4, -0.2) is 61.8 Å². The minimum atomic E-state index is -0.230. The first-order valence-electron chi connectivity index (χ1n) is 10.3. The van der Waals surface area contributed by atoms with Crippen molar-refractivity contribution in [3.63, 3.8) is 0 Å². The Morgan fingerprint density at radius 2 is 1.90 bits per heavy atom. The molecule has 0 bridgehead atoms. The number of benzene rings is 1. The molecular formula is C22H26N3O5+. The molecule has 4 rings (SSSR count). The normalized spacial score (nSPS) is 16.9. The lowest BCUT2D eigenvalue weighted by Gasteiger charge is -2.31. The third-order valence-corrected chi connectivity index (χ3v) is 5.75. The van der Waals surface area contributed by atoms with Crippen molar-refractivity contribution < 1.29 is 28.4 Å². The fraction of sp³-hybridized carbons (Fsp3) is 0.409. The number of hydrogen-bond acceptors (Lipinski definition) is 5. The molecule has 3 heterocycles. The molecule has 1 saturated heterocycles. The summed E-state index contributed by atoms with van der Waals surface area (Å²) in [6.45, 7) is 8.07. The highest BCUT2D eigenvalue weighted by Gasteiger charge is 2.29. The number of ether oxygens (including phenoxy) is 1. The topological polar surface area (TPSA) is 84.5 Å². The van der Waals surface area contributed by atoms with Gasteiger partial charge in [-0.3, -0.25) is 19.3 Å². The van der Waals surface area contributed by atoms with Crippen LogP contribution in [-0.2, 0) is 11.3 Å². The molecule has 2 aromatic rings. The van der Waals surface area contributed by atoms with Gasteiger partial charge < -0.3 is 19.0 Å². The van der Waals surface area contributed by atoms with E-state index in [1.807, 2.05) is 4.90 Å². The molecule has 1 fully saturated rings. The standard InChI is InChI=1S/C22H25N3O5/c1-3-23-8-10-24(11-9-23)22(28)20-7-5-17(30-20)13-25-18-12-16(15(2)26)4-6-19(18)29-14-21(25)27/h4-7,12H,3,8-11,13-14H2,1-2H3/p+1. The van der Waals surface area contributed by atoms with Crippen molar-refractivity contribution in [3.05, 3.63) is 47.4 Å². The summed E-state index contributed by atoms with van der Waals surface area (Å²) < 4.78 is 11.3. The molecule has 2 aliphatic heterocycles. The second kappa shape index (κ2) is 8.31. The number of furan rings is 1. The van der Waals surface area contributed by atoms with Crippen LogP contribution in [0.25, 0.3) is 0 Å². The largest absolute Gasteiger partial charge is 0.482 e. The van der Waals surface area contributed by atoms with Gasteiger partial charge in [-0.25, -0.2) is 0 Å². The summed E-state index contributed by atoms with van der Waals surface area (Å²) in [5.74, 6) is 0.884. The number of piperazine rings is 1. The zero-order chi connectivity index (χ0) is 21.3. The van der Waals surface area contributed by atoms with E-state index in [0.717, 1.165) is 19.6 Å². The van der Waals surface area contributed by atoms with E-state index in [2.05, 4.69) is 6.92 Å². The van der Waals surface area contributed by atoms with Crippen LogP contribution in [0.5, 0.6) is 5.75 Å². The molecule has 2 amide bonds. The van der Waals surface area contributed by atoms with Gasteiger partial charge in [-0.15, -0.1) is 0 Å². The molecule has 8 heteroatoms. The second-order valence-electron chi connectivity index (χ2n) is 7.67. The van der Waals surface area contributed by atoms with Crippen molar-refractivity contribution in [1.29, 1.82) is 0 Å². The third kappa shape index (κ3) is 3.95. The van der Waals surface area contributed by atoms with Gasteiger partial charge in [0.2, 0.25) is 0 Å². The van der Waals surface area contributed by atoms with Crippen LogP contribution in [0, 0.1) is 0 Å². The number of hydrogen-bond donors (Lipinski definition) is 1. The quantitative estimate of drug-likeness (QED) is 0.734. The van der Waals surface area contributed by atoms with E-state index in [9.17, 15) is 14.4 Å². The van der Waals surface area contributed by atoms with Gasteiger partial charge in [-0.2, -0.15) is 0 Å². The van der Waals surface area contributed by atoms with Crippen molar-refractivity contribution >= 4 is 23.3 Å². The first-order chi connectivity index (χ1) is 14.5. The highest BCUT2D eigenvalue weighted by molar-refractivity contribution is 6.01. The summed E-state index contributed by atoms with van der Waals surface area (Å²) in [7, 11) is 0. The molecule has 1 aromatic carbocycles. The van der Waals surface area contributed by atoms with E-state index >= 15 is 0 Å². The SMILES string of the molecule is CC[NH+]1CCN(C(=O)c2ccc(CN3C(=O)COc4ccc(C(C)=O)cc43)o2)CC1. The third-order valence-electron chi connectivity index (χ3n) is 5.75. The zero-order valence-corrected chi connectivity index (χ0v) is 17.3. The maximum absolute atomic E-state index is 12.8. The smallest absolute Gasteiger partial charge is 0.289 e. The number of amides is 2. The molecular weight excluding hydrogens is 386 g/mol. The molecule has 158 valence electrons. The number of carbonyl (C=O) groups excluding carboxylic acids is 3. The van der Waals surface area contributed by atoms with E-state index in [1.165, 1.54) is 16.7 Å². The van der Waals surface area contributed by atoms with Crippen LogP contribution >= 0.6 is 0 Å². The summed E-state index contributed by atoms with van der Waals surface area (Å²) in [5, 5.41) is 0. The van der Waals surface area contributed by atoms with Gasteiger partial charge >= 0.3 is 0 Å². The highest BCUT2D eigenvalue weighted by atomic mass is 16.5. The number of rotatable bonds is 5. The molecule has 0 spiro atoms. The van der Waals surface area contributed by atoms with Crippen molar-refractivity contribution in [2.24, 2.45) is 0 Å². The van der Waals surface area contributed by atoms with Crippen LogP contribution in [0.3, 0.4) is 0 Å². The van der Waals surface area contributed by atoms with Gasteiger partial charge in [0.1, 0.15) is 11.5 Å². The lowest BCUT2D eigenvalue weighted by Crippen LogP contribution is -3.14. The first kappa shape index (κ1) is 20.2. The van der Waals surface area contributed by atoms with E-state index in [0.29, 0.717) is 35.9 Å². The lowest BCUT2D eigenvalue weighted by atomic mass is 10.1. The second-order valence-corrected chi connectivity index (χ2v) is 7.67. The Bertz CT molecular complexity index is 975. The number of nitrogens with one attached hydrogen (secondary N) is 1. The fourth-order valence-electron chi connectivity index (χ4n) is 3.86. The van der Waals surface area contributed by atoms with Crippen molar-refractivity contribution in [2.45, 2.75) is 20.4 Å². The maximum atomic E-state index is 12.8. The predicted octanol–water partition coefficient (Wildman–Crippen LogP) is 0.768. The molecule has 0 saturated carbocycles. The lowest BCUT2D eigenvalue weighted by molar-refractivity contribution is -0.902. The average Bonchev–Trinajstić information content (AvgIpc) is 3.23. The van der Waals surface area contributed by atoms with Crippen LogP contribution in [0.1, 0.15) is 40.5 Å². The van der Waals surface area contributed by atoms with E-state index in [1.54, 1.807) is 30.3 Å². The number of quaternary nitrogens is 1. The summed E-state index contributed by atoms with van der Waals surface area (Å²) in [4.78, 5) is 41.8. The average molecular weight is 412 g/mol. The zero-order valence-electron chi connectivity index (χ0n) is 17.3. The van der Waals surface area contributed by atoms with Crippen LogP contribution in [0.2, 0.25) is 0 Å². The van der Waals surface area contributed by atoms with Crippen molar-refractivity contribution in [3.8, 4) is 5.75 Å². The Labute approximate surface area is 175 Å². The maximum Gasteiger partial charge on any atom is 0.289 e. The first-order valence-corrected chi connectivity index (χ1v) is 10.3. The number of ketones is 1. The Balaban J connectivity index is 1.50. The molecule has 8 nitrogen and oxygen atoms in total. The number of anilines is 1. The molecule has 0 atom stereocenters. The monoisotopic (exact) mass is 412 g/mol. The van der Waals surface area contributed by atoms with Gasteiger partial charge in [0.15, 0.2) is 18.2 Å². The van der Waals surface area contributed by atoms with Crippen molar-refractivity contribution in [1.82, 2.24) is 4.90 Å². The summed E-state index contributed by atoms with van der Waals surface area (Å²) in [5.41, 5.74) is 1.03. The molecule has 0 unspecified atom stereocenters. The number of carbonyl (C=O) groups is 3. The minimum absolute atomic E-state index is 0.0804. The van der Waals surface area contributed by atoms with Gasteiger partial charge in [0, 0.05) is 5.56 Å².